The van der Waals surface area contributed by atoms with Gasteiger partial charge in [-0.1, -0.05) is 20.8 Å². The Kier molecular flexibility index (Phi) is 3.18. The average molecular weight is 195 g/mol. The van der Waals surface area contributed by atoms with Gasteiger partial charge in [0.1, 0.15) is 12.4 Å². The Morgan fingerprint density at radius 1 is 1.43 bits per heavy atom. The number of nitrogens with two attached hydrogens (primary N) is 1. The van der Waals surface area contributed by atoms with Gasteiger partial charge >= 0.3 is 0 Å². The monoisotopic (exact) mass is 195 g/mol. The lowest BCUT2D eigenvalue weighted by Gasteiger charge is -2.18. The Morgan fingerprint density at radius 3 is 2.57 bits per heavy atom. The lowest BCUT2D eigenvalue weighted by atomic mass is 9.91. The number of hydrogen-bond acceptors (Lipinski definition) is 4. The topological polar surface area (TPSA) is 72.0 Å². The van der Waals surface area contributed by atoms with Crippen LogP contribution < -0.4 is 5.73 Å². The Balaban J connectivity index is 3.01. The van der Waals surface area contributed by atoms with Crippen molar-refractivity contribution in [2.24, 2.45) is 5.73 Å². The molecule has 1 heterocycles. The first-order chi connectivity index (χ1) is 6.45. The molecule has 0 aromatic carbocycles. The van der Waals surface area contributed by atoms with E-state index in [1.54, 1.807) is 6.07 Å². The third-order valence-electron chi connectivity index (χ3n) is 2.02. The Bertz CT molecular complexity index is 306. The summed E-state index contributed by atoms with van der Waals surface area (Å²) in [6, 6.07) is 1.80. The van der Waals surface area contributed by atoms with E-state index in [2.05, 4.69) is 30.7 Å². The van der Waals surface area contributed by atoms with Crippen molar-refractivity contribution in [2.75, 3.05) is 6.54 Å². The molecule has 0 spiro atoms. The molecular weight excluding hydrogens is 178 g/mol. The molecule has 1 rings (SSSR count). The summed E-state index contributed by atoms with van der Waals surface area (Å²) in [6.45, 7) is 6.37. The molecule has 4 heteroatoms. The van der Waals surface area contributed by atoms with E-state index in [1.165, 1.54) is 6.33 Å². The van der Waals surface area contributed by atoms with Gasteiger partial charge in [0.25, 0.3) is 0 Å². The predicted octanol–water partition coefficient (Wildman–Crippen LogP) is 0.766. The van der Waals surface area contributed by atoms with E-state index in [0.717, 1.165) is 5.69 Å². The highest BCUT2D eigenvalue weighted by Crippen LogP contribution is 2.21. The number of aliphatic hydroxyl groups excluding tert-OH is 1. The Labute approximate surface area is 84.2 Å². The van der Waals surface area contributed by atoms with Crippen molar-refractivity contribution in [1.29, 1.82) is 0 Å². The van der Waals surface area contributed by atoms with Crippen molar-refractivity contribution < 1.29 is 5.11 Å². The fourth-order valence-electron chi connectivity index (χ4n) is 1.09. The van der Waals surface area contributed by atoms with Crippen LogP contribution in [0.25, 0.3) is 0 Å². The molecule has 14 heavy (non-hydrogen) atoms. The van der Waals surface area contributed by atoms with E-state index >= 15 is 0 Å². The summed E-state index contributed by atoms with van der Waals surface area (Å²) < 4.78 is 0. The van der Waals surface area contributed by atoms with Crippen LogP contribution in [0.2, 0.25) is 0 Å². The SMILES string of the molecule is CC(C)(C)c1cc(C(O)CN)ncn1. The van der Waals surface area contributed by atoms with Crippen LogP contribution in [0, 0.1) is 0 Å². The van der Waals surface area contributed by atoms with Crippen LogP contribution in [0.4, 0.5) is 0 Å². The standard InChI is InChI=1S/C10H17N3O/c1-10(2,3)9-4-7(8(14)5-11)12-6-13-9/h4,6,8,14H,5,11H2,1-3H3. The molecule has 0 saturated carbocycles. The predicted molar refractivity (Wildman–Crippen MR) is 54.7 cm³/mol. The third kappa shape index (κ3) is 2.49. The summed E-state index contributed by atoms with van der Waals surface area (Å²) in [6.07, 6.45) is 0.772. The van der Waals surface area contributed by atoms with Crippen molar-refractivity contribution in [3.8, 4) is 0 Å². The second-order valence-electron chi connectivity index (χ2n) is 4.33. The van der Waals surface area contributed by atoms with Gasteiger partial charge in [-0.2, -0.15) is 0 Å². The van der Waals surface area contributed by atoms with E-state index in [4.69, 9.17) is 5.73 Å². The molecule has 1 atom stereocenters. The number of aromatic nitrogens is 2. The Hall–Kier alpha value is -1.00. The lowest BCUT2D eigenvalue weighted by Crippen LogP contribution is -2.17. The van der Waals surface area contributed by atoms with Gasteiger partial charge in [-0.15, -0.1) is 0 Å². The van der Waals surface area contributed by atoms with Crippen LogP contribution in [-0.4, -0.2) is 21.6 Å². The first-order valence-corrected chi connectivity index (χ1v) is 4.65. The van der Waals surface area contributed by atoms with E-state index in [9.17, 15) is 5.11 Å². The molecule has 78 valence electrons. The van der Waals surface area contributed by atoms with Crippen molar-refractivity contribution in [3.05, 3.63) is 23.8 Å². The van der Waals surface area contributed by atoms with Gasteiger partial charge in [0, 0.05) is 17.7 Å². The summed E-state index contributed by atoms with van der Waals surface area (Å²) >= 11 is 0. The molecule has 0 aliphatic heterocycles. The van der Waals surface area contributed by atoms with Gasteiger partial charge in [0.05, 0.1) is 5.69 Å². The molecule has 1 aromatic heterocycles. The zero-order valence-electron chi connectivity index (χ0n) is 8.86. The smallest absolute Gasteiger partial charge is 0.116 e. The van der Waals surface area contributed by atoms with Gasteiger partial charge in [0.2, 0.25) is 0 Å². The average Bonchev–Trinajstić information content (AvgIpc) is 2.15. The summed E-state index contributed by atoms with van der Waals surface area (Å²) in [4.78, 5) is 8.15. The zero-order valence-corrected chi connectivity index (χ0v) is 8.86. The number of hydrogen-bond donors (Lipinski definition) is 2. The van der Waals surface area contributed by atoms with Crippen LogP contribution in [0.15, 0.2) is 12.4 Å². The van der Waals surface area contributed by atoms with Gasteiger partial charge in [-0.05, 0) is 6.07 Å². The minimum Gasteiger partial charge on any atom is -0.385 e. The van der Waals surface area contributed by atoms with Crippen molar-refractivity contribution >= 4 is 0 Å². The molecule has 0 amide bonds. The molecule has 4 nitrogen and oxygen atoms in total. The second kappa shape index (κ2) is 4.02. The molecule has 1 aromatic rings. The normalized spacial score (nSPS) is 14.1. The first-order valence-electron chi connectivity index (χ1n) is 4.65. The maximum Gasteiger partial charge on any atom is 0.116 e. The van der Waals surface area contributed by atoms with Gasteiger partial charge in [-0.3, -0.25) is 0 Å². The number of nitrogens with zero attached hydrogens (tertiary/aromatic N) is 2. The maximum absolute atomic E-state index is 9.50. The quantitative estimate of drug-likeness (QED) is 0.731. The first kappa shape index (κ1) is 11.1. The van der Waals surface area contributed by atoms with Crippen LogP contribution >= 0.6 is 0 Å². The lowest BCUT2D eigenvalue weighted by molar-refractivity contribution is 0.181. The van der Waals surface area contributed by atoms with Crippen LogP contribution in [0.5, 0.6) is 0 Å². The van der Waals surface area contributed by atoms with E-state index in [0.29, 0.717) is 5.69 Å². The van der Waals surface area contributed by atoms with Crippen LogP contribution in [0.1, 0.15) is 38.3 Å². The summed E-state index contributed by atoms with van der Waals surface area (Å²) in [5, 5.41) is 9.50. The van der Waals surface area contributed by atoms with E-state index in [-0.39, 0.29) is 12.0 Å². The molecule has 0 aliphatic rings. The molecule has 0 bridgehead atoms. The zero-order chi connectivity index (χ0) is 10.8. The fraction of sp³-hybridized carbons (Fsp3) is 0.600. The molecule has 3 N–H and O–H groups in total. The van der Waals surface area contributed by atoms with Gasteiger partial charge in [0.15, 0.2) is 0 Å². The summed E-state index contributed by atoms with van der Waals surface area (Å²) in [5.74, 6) is 0. The van der Waals surface area contributed by atoms with Gasteiger partial charge < -0.3 is 10.8 Å². The molecule has 0 aliphatic carbocycles. The highest BCUT2D eigenvalue weighted by molar-refractivity contribution is 5.17. The third-order valence-corrected chi connectivity index (χ3v) is 2.02. The molecule has 0 fully saturated rings. The van der Waals surface area contributed by atoms with Crippen molar-refractivity contribution in [2.45, 2.75) is 32.3 Å². The fourth-order valence-corrected chi connectivity index (χ4v) is 1.09. The summed E-state index contributed by atoms with van der Waals surface area (Å²) in [5.41, 5.74) is 6.82. The molecular formula is C10H17N3O. The van der Waals surface area contributed by atoms with Crippen molar-refractivity contribution in [3.63, 3.8) is 0 Å². The second-order valence-corrected chi connectivity index (χ2v) is 4.33. The largest absolute Gasteiger partial charge is 0.385 e. The Morgan fingerprint density at radius 2 is 2.07 bits per heavy atom. The number of aliphatic hydroxyl groups is 1. The van der Waals surface area contributed by atoms with E-state index < -0.39 is 6.10 Å². The van der Waals surface area contributed by atoms with Gasteiger partial charge in [-0.25, -0.2) is 9.97 Å². The summed E-state index contributed by atoms with van der Waals surface area (Å²) in [7, 11) is 0. The molecule has 0 radical (unpaired) electrons. The minimum absolute atomic E-state index is 0.0357. The van der Waals surface area contributed by atoms with E-state index in [1.807, 2.05) is 0 Å². The van der Waals surface area contributed by atoms with Crippen molar-refractivity contribution in [1.82, 2.24) is 9.97 Å². The number of rotatable bonds is 2. The minimum atomic E-state index is -0.695. The highest BCUT2D eigenvalue weighted by atomic mass is 16.3. The van der Waals surface area contributed by atoms with Crippen LogP contribution in [0.3, 0.4) is 0 Å². The maximum atomic E-state index is 9.50. The molecule has 1 unspecified atom stereocenters. The molecule has 0 saturated heterocycles. The highest BCUT2D eigenvalue weighted by Gasteiger charge is 2.17. The van der Waals surface area contributed by atoms with Crippen LogP contribution in [-0.2, 0) is 5.41 Å².